The Bertz CT molecular complexity index is 342. The highest BCUT2D eigenvalue weighted by Crippen LogP contribution is 2.26. The summed E-state index contributed by atoms with van der Waals surface area (Å²) in [4.78, 5) is 6.50. The molecule has 1 aromatic heterocycles. The van der Waals surface area contributed by atoms with Crippen molar-refractivity contribution in [3.8, 4) is 0 Å². The summed E-state index contributed by atoms with van der Waals surface area (Å²) in [5, 5.41) is 7.28. The molecule has 1 aliphatic carbocycles. The van der Waals surface area contributed by atoms with E-state index in [0.29, 0.717) is 12.3 Å². The van der Waals surface area contributed by atoms with Crippen LogP contribution >= 0.6 is 0 Å². The maximum atomic E-state index is 7.28. The molecule has 0 spiro atoms. The van der Waals surface area contributed by atoms with Crippen LogP contribution in [0, 0.1) is 5.41 Å². The van der Waals surface area contributed by atoms with Crippen LogP contribution in [0.25, 0.3) is 0 Å². The molecule has 5 nitrogen and oxygen atoms in total. The van der Waals surface area contributed by atoms with Crippen molar-refractivity contribution in [3.63, 3.8) is 0 Å². The van der Waals surface area contributed by atoms with Crippen molar-refractivity contribution < 1.29 is 0 Å². The molecular weight excluding hydrogens is 214 g/mol. The minimum atomic E-state index is 0.297. The summed E-state index contributed by atoms with van der Waals surface area (Å²) in [6, 6.07) is 0.747. The average Bonchev–Trinajstić information content (AvgIpc) is 3.00. The molecule has 0 saturated heterocycles. The highest BCUT2D eigenvalue weighted by atomic mass is 15.2. The molecule has 3 N–H and O–H groups in total. The molecule has 5 heteroatoms. The number of nitrogens with one attached hydrogen (secondary N) is 1. The van der Waals surface area contributed by atoms with E-state index in [0.717, 1.165) is 32.1 Å². The Morgan fingerprint density at radius 2 is 2.29 bits per heavy atom. The molecule has 17 heavy (non-hydrogen) atoms. The second kappa shape index (κ2) is 5.82. The fourth-order valence-corrected chi connectivity index (χ4v) is 2.06. The van der Waals surface area contributed by atoms with Gasteiger partial charge >= 0.3 is 0 Å². The molecule has 0 unspecified atom stereocenters. The van der Waals surface area contributed by atoms with Gasteiger partial charge in [-0.15, -0.1) is 0 Å². The molecule has 0 amide bonds. The van der Waals surface area contributed by atoms with Crippen LogP contribution in [0.5, 0.6) is 0 Å². The van der Waals surface area contributed by atoms with Crippen molar-refractivity contribution in [2.24, 2.45) is 5.73 Å². The number of hydrogen-bond donors (Lipinski definition) is 2. The number of nitrogens with two attached hydrogens (primary N) is 1. The van der Waals surface area contributed by atoms with Gasteiger partial charge in [-0.3, -0.25) is 10.3 Å². The van der Waals surface area contributed by atoms with Crippen molar-refractivity contribution >= 4 is 5.84 Å². The van der Waals surface area contributed by atoms with Crippen LogP contribution in [0.3, 0.4) is 0 Å². The van der Waals surface area contributed by atoms with Gasteiger partial charge < -0.3 is 10.3 Å². The molecule has 94 valence electrons. The predicted molar refractivity (Wildman–Crippen MR) is 68.0 cm³/mol. The predicted octanol–water partition coefficient (Wildman–Crippen LogP) is 1.06. The fraction of sp³-hybridized carbons (Fsp3) is 0.667. The van der Waals surface area contributed by atoms with Crippen LogP contribution in [-0.2, 0) is 6.54 Å². The van der Waals surface area contributed by atoms with Gasteiger partial charge in [0.2, 0.25) is 0 Å². The second-order valence-electron chi connectivity index (χ2n) is 4.70. The Balaban J connectivity index is 1.68. The Labute approximate surface area is 102 Å². The molecule has 1 aromatic rings. The summed E-state index contributed by atoms with van der Waals surface area (Å²) in [5.74, 6) is 0.297. The van der Waals surface area contributed by atoms with Crippen LogP contribution in [0.15, 0.2) is 18.7 Å². The van der Waals surface area contributed by atoms with Crippen molar-refractivity contribution in [1.82, 2.24) is 14.5 Å². The van der Waals surface area contributed by atoms with Gasteiger partial charge in [0, 0.05) is 44.5 Å². The molecule has 0 aliphatic heterocycles. The zero-order valence-electron chi connectivity index (χ0n) is 10.2. The summed E-state index contributed by atoms with van der Waals surface area (Å²) in [5.41, 5.74) is 5.41. The summed E-state index contributed by atoms with van der Waals surface area (Å²) < 4.78 is 2.11. The topological polar surface area (TPSA) is 70.9 Å². The van der Waals surface area contributed by atoms with E-state index < -0.39 is 0 Å². The van der Waals surface area contributed by atoms with E-state index in [1.165, 1.54) is 12.8 Å². The van der Waals surface area contributed by atoms with Crippen molar-refractivity contribution in [3.05, 3.63) is 18.7 Å². The van der Waals surface area contributed by atoms with Crippen molar-refractivity contribution in [2.75, 3.05) is 13.1 Å². The van der Waals surface area contributed by atoms with Gasteiger partial charge in [0.1, 0.15) is 0 Å². The number of imidazole rings is 1. The highest BCUT2D eigenvalue weighted by molar-refractivity contribution is 5.76. The van der Waals surface area contributed by atoms with Gasteiger partial charge in [-0.2, -0.15) is 0 Å². The van der Waals surface area contributed by atoms with Gasteiger partial charge in [0.05, 0.1) is 12.2 Å². The van der Waals surface area contributed by atoms with E-state index in [4.69, 9.17) is 11.1 Å². The third kappa shape index (κ3) is 4.19. The van der Waals surface area contributed by atoms with Crippen LogP contribution < -0.4 is 5.73 Å². The minimum absolute atomic E-state index is 0.297. The number of nitrogens with zero attached hydrogens (tertiary/aromatic N) is 3. The van der Waals surface area contributed by atoms with Gasteiger partial charge in [-0.25, -0.2) is 4.98 Å². The van der Waals surface area contributed by atoms with E-state index >= 15 is 0 Å². The molecule has 2 rings (SSSR count). The Hall–Kier alpha value is -1.36. The van der Waals surface area contributed by atoms with Crippen molar-refractivity contribution in [1.29, 1.82) is 5.41 Å². The van der Waals surface area contributed by atoms with Crippen molar-refractivity contribution in [2.45, 2.75) is 38.3 Å². The van der Waals surface area contributed by atoms with Gasteiger partial charge in [-0.1, -0.05) is 0 Å². The molecule has 0 radical (unpaired) electrons. The number of aromatic nitrogens is 2. The molecule has 1 fully saturated rings. The lowest BCUT2D eigenvalue weighted by molar-refractivity contribution is 0.262. The first-order chi connectivity index (χ1) is 8.25. The fourth-order valence-electron chi connectivity index (χ4n) is 2.06. The third-order valence-electron chi connectivity index (χ3n) is 3.15. The summed E-state index contributed by atoms with van der Waals surface area (Å²) in [7, 11) is 0. The summed E-state index contributed by atoms with van der Waals surface area (Å²) >= 11 is 0. The van der Waals surface area contributed by atoms with Gasteiger partial charge in [0.25, 0.3) is 0 Å². The summed E-state index contributed by atoms with van der Waals surface area (Å²) in [6.45, 7) is 3.04. The van der Waals surface area contributed by atoms with E-state index in [2.05, 4.69) is 14.5 Å². The lowest BCUT2D eigenvalue weighted by Gasteiger charge is -2.21. The van der Waals surface area contributed by atoms with Crippen LogP contribution in [0.2, 0.25) is 0 Å². The van der Waals surface area contributed by atoms with E-state index in [1.54, 1.807) is 0 Å². The number of amidine groups is 1. The van der Waals surface area contributed by atoms with Gasteiger partial charge in [0.15, 0.2) is 0 Å². The number of hydrogen-bond acceptors (Lipinski definition) is 3. The Morgan fingerprint density at radius 1 is 1.47 bits per heavy atom. The molecular formula is C12H21N5. The number of rotatable bonds is 8. The molecule has 1 heterocycles. The zero-order chi connectivity index (χ0) is 12.1. The lowest BCUT2D eigenvalue weighted by Crippen LogP contribution is -2.31. The maximum Gasteiger partial charge on any atom is 0.0945 e. The Kier molecular flexibility index (Phi) is 4.14. The molecule has 0 atom stereocenters. The zero-order valence-corrected chi connectivity index (χ0v) is 10.2. The monoisotopic (exact) mass is 235 g/mol. The normalized spacial score (nSPS) is 15.4. The minimum Gasteiger partial charge on any atom is -0.388 e. The summed E-state index contributed by atoms with van der Waals surface area (Å²) in [6.07, 6.45) is 10.1. The van der Waals surface area contributed by atoms with Crippen LogP contribution in [0.4, 0.5) is 0 Å². The first-order valence-corrected chi connectivity index (χ1v) is 6.28. The van der Waals surface area contributed by atoms with Crippen LogP contribution in [0.1, 0.15) is 25.7 Å². The van der Waals surface area contributed by atoms with Crippen LogP contribution in [-0.4, -0.2) is 39.4 Å². The average molecular weight is 235 g/mol. The molecule has 0 bridgehead atoms. The van der Waals surface area contributed by atoms with Gasteiger partial charge in [-0.05, 0) is 19.3 Å². The molecule has 0 aromatic carbocycles. The standard InChI is InChI=1S/C12H21N5/c13-12(14)4-8-17(11-2-3-11)7-1-6-16-9-5-15-10-16/h5,9-11H,1-4,6-8H2,(H3,13,14). The molecule has 1 aliphatic rings. The highest BCUT2D eigenvalue weighted by Gasteiger charge is 2.28. The molecule has 1 saturated carbocycles. The quantitative estimate of drug-likeness (QED) is 0.523. The third-order valence-corrected chi connectivity index (χ3v) is 3.15. The first-order valence-electron chi connectivity index (χ1n) is 6.28. The maximum absolute atomic E-state index is 7.28. The van der Waals surface area contributed by atoms with E-state index in [1.807, 2.05) is 18.7 Å². The largest absolute Gasteiger partial charge is 0.388 e. The smallest absolute Gasteiger partial charge is 0.0945 e. The second-order valence-corrected chi connectivity index (χ2v) is 4.70. The number of aryl methyl sites for hydroxylation is 1. The van der Waals surface area contributed by atoms with E-state index in [-0.39, 0.29) is 0 Å². The SMILES string of the molecule is N=C(N)CCN(CCCn1ccnc1)C1CC1. The Morgan fingerprint density at radius 3 is 2.88 bits per heavy atom. The first kappa shape index (κ1) is 12.1. The van der Waals surface area contributed by atoms with E-state index in [9.17, 15) is 0 Å². The lowest BCUT2D eigenvalue weighted by atomic mass is 10.3.